The molecule has 0 aromatic carbocycles. The molecule has 0 radical (unpaired) electrons. The average molecular weight is 133 g/mol. The molecule has 0 unspecified atom stereocenters. The molecule has 5 nitrogen and oxygen atoms in total. The third-order valence-electron chi connectivity index (χ3n) is 0.964. The van der Waals surface area contributed by atoms with E-state index in [1.54, 1.807) is 11.9 Å². The Kier molecular flexibility index (Phi) is 3.74. The highest BCUT2D eigenvalue weighted by atomic mass is 16.6. The van der Waals surface area contributed by atoms with E-state index in [1.807, 2.05) is 0 Å². The molecule has 0 saturated carbocycles. The topological polar surface area (TPSA) is 81.6 Å². The van der Waals surface area contributed by atoms with Crippen molar-refractivity contribution < 1.29 is 9.53 Å². The molecular formula is C4H11N3O2. The van der Waals surface area contributed by atoms with E-state index in [0.717, 1.165) is 6.54 Å². The van der Waals surface area contributed by atoms with Crippen molar-refractivity contribution in [1.29, 1.82) is 0 Å². The summed E-state index contributed by atoms with van der Waals surface area (Å²) in [6.45, 7) is 1.29. The van der Waals surface area contributed by atoms with Gasteiger partial charge in [0.15, 0.2) is 0 Å². The number of cyclic esters (lactones) is 1. The van der Waals surface area contributed by atoms with Gasteiger partial charge in [-0.05, 0) is 0 Å². The van der Waals surface area contributed by atoms with Gasteiger partial charge >= 0.3 is 6.09 Å². The Morgan fingerprint density at radius 3 is 2.33 bits per heavy atom. The van der Waals surface area contributed by atoms with Crippen LogP contribution in [0.25, 0.3) is 0 Å². The largest absolute Gasteiger partial charge is 0.448 e. The molecule has 1 fully saturated rings. The molecule has 5 heteroatoms. The van der Waals surface area contributed by atoms with Gasteiger partial charge in [-0.25, -0.2) is 4.79 Å². The van der Waals surface area contributed by atoms with Crippen molar-refractivity contribution in [1.82, 2.24) is 4.90 Å². The van der Waals surface area contributed by atoms with Crippen LogP contribution in [0.15, 0.2) is 0 Å². The zero-order valence-corrected chi connectivity index (χ0v) is 5.33. The number of hydrogen-bond donors (Lipinski definition) is 2. The number of carbonyl (C=O) groups excluding carboxylic acids is 1. The minimum atomic E-state index is -0.208. The number of hydrogen-bond acceptors (Lipinski definition) is 4. The average Bonchev–Trinajstić information content (AvgIpc) is 2.23. The first kappa shape index (κ1) is 8.19. The summed E-state index contributed by atoms with van der Waals surface area (Å²) in [5, 5.41) is 0. The second-order valence-corrected chi connectivity index (χ2v) is 1.54. The van der Waals surface area contributed by atoms with Crippen molar-refractivity contribution in [2.45, 2.75) is 0 Å². The molecule has 0 spiro atoms. The van der Waals surface area contributed by atoms with Gasteiger partial charge in [-0.1, -0.05) is 0 Å². The standard InChI is InChI=1S/C4H7NO2.H4N2/c1-5-2-3-7-4(5)6;1-2/h2-3H2,1H3;1-2H2. The lowest BCUT2D eigenvalue weighted by molar-refractivity contribution is 0.163. The molecule has 54 valence electrons. The third-order valence-corrected chi connectivity index (χ3v) is 0.964. The van der Waals surface area contributed by atoms with E-state index in [9.17, 15) is 4.79 Å². The number of amides is 1. The van der Waals surface area contributed by atoms with Gasteiger partial charge in [0.2, 0.25) is 0 Å². The molecule has 9 heavy (non-hydrogen) atoms. The smallest absolute Gasteiger partial charge is 0.409 e. The molecule has 0 aliphatic carbocycles. The molecule has 1 aliphatic rings. The summed E-state index contributed by atoms with van der Waals surface area (Å²) in [6.07, 6.45) is -0.208. The van der Waals surface area contributed by atoms with E-state index >= 15 is 0 Å². The fraction of sp³-hybridized carbons (Fsp3) is 0.750. The molecule has 0 aromatic heterocycles. The lowest BCUT2D eigenvalue weighted by Gasteiger charge is -1.98. The predicted molar refractivity (Wildman–Crippen MR) is 32.4 cm³/mol. The fourth-order valence-corrected chi connectivity index (χ4v) is 0.471. The van der Waals surface area contributed by atoms with E-state index < -0.39 is 0 Å². The summed E-state index contributed by atoms with van der Waals surface area (Å²) in [5.74, 6) is 8.00. The summed E-state index contributed by atoms with van der Waals surface area (Å²) >= 11 is 0. The van der Waals surface area contributed by atoms with Crippen molar-refractivity contribution >= 4 is 6.09 Å². The van der Waals surface area contributed by atoms with Crippen LogP contribution in [0.3, 0.4) is 0 Å². The van der Waals surface area contributed by atoms with Crippen LogP contribution in [0.5, 0.6) is 0 Å². The normalized spacial score (nSPS) is 16.3. The summed E-state index contributed by atoms with van der Waals surface area (Å²) < 4.78 is 4.55. The lowest BCUT2D eigenvalue weighted by atomic mass is 10.7. The van der Waals surface area contributed by atoms with Gasteiger partial charge in [0.25, 0.3) is 0 Å². The number of rotatable bonds is 0. The maximum Gasteiger partial charge on any atom is 0.409 e. The summed E-state index contributed by atoms with van der Waals surface area (Å²) in [7, 11) is 1.72. The number of nitrogens with zero attached hydrogens (tertiary/aromatic N) is 1. The van der Waals surface area contributed by atoms with Crippen LogP contribution in [-0.4, -0.2) is 31.2 Å². The SMILES string of the molecule is CN1CCOC1=O.NN. The molecule has 1 aliphatic heterocycles. The van der Waals surface area contributed by atoms with E-state index in [-0.39, 0.29) is 6.09 Å². The Bertz CT molecular complexity index is 95.8. The van der Waals surface area contributed by atoms with Crippen molar-refractivity contribution in [2.75, 3.05) is 20.2 Å². The quantitative estimate of drug-likeness (QED) is 0.324. The first-order valence-corrected chi connectivity index (χ1v) is 2.52. The highest BCUT2D eigenvalue weighted by Crippen LogP contribution is 1.96. The van der Waals surface area contributed by atoms with Crippen LogP contribution in [0.2, 0.25) is 0 Å². The summed E-state index contributed by atoms with van der Waals surface area (Å²) in [6, 6.07) is 0. The molecule has 0 aromatic rings. The van der Waals surface area contributed by atoms with Gasteiger partial charge < -0.3 is 9.64 Å². The minimum Gasteiger partial charge on any atom is -0.448 e. The van der Waals surface area contributed by atoms with Gasteiger partial charge in [0.1, 0.15) is 6.61 Å². The maximum atomic E-state index is 10.3. The Morgan fingerprint density at radius 2 is 2.22 bits per heavy atom. The Morgan fingerprint density at radius 1 is 1.67 bits per heavy atom. The van der Waals surface area contributed by atoms with Crippen LogP contribution >= 0.6 is 0 Å². The third kappa shape index (κ3) is 2.29. The van der Waals surface area contributed by atoms with Crippen LogP contribution in [0, 0.1) is 0 Å². The zero-order chi connectivity index (χ0) is 7.28. The molecule has 0 atom stereocenters. The van der Waals surface area contributed by atoms with Crippen LogP contribution < -0.4 is 11.7 Å². The van der Waals surface area contributed by atoms with Crippen molar-refractivity contribution in [2.24, 2.45) is 11.7 Å². The van der Waals surface area contributed by atoms with Crippen molar-refractivity contribution in [3.8, 4) is 0 Å². The van der Waals surface area contributed by atoms with E-state index in [4.69, 9.17) is 0 Å². The first-order valence-electron chi connectivity index (χ1n) is 2.52. The number of hydrazine groups is 1. The number of ether oxygens (including phenoxy) is 1. The van der Waals surface area contributed by atoms with E-state index in [1.165, 1.54) is 0 Å². The zero-order valence-electron chi connectivity index (χ0n) is 5.33. The summed E-state index contributed by atoms with van der Waals surface area (Å²) in [4.78, 5) is 11.8. The Hall–Kier alpha value is -0.810. The number of carbonyl (C=O) groups is 1. The second kappa shape index (κ2) is 4.11. The minimum absolute atomic E-state index is 0.208. The van der Waals surface area contributed by atoms with Crippen LogP contribution in [-0.2, 0) is 4.74 Å². The maximum absolute atomic E-state index is 10.3. The van der Waals surface area contributed by atoms with Crippen LogP contribution in [0.1, 0.15) is 0 Å². The van der Waals surface area contributed by atoms with Gasteiger partial charge in [0, 0.05) is 7.05 Å². The van der Waals surface area contributed by atoms with E-state index in [0.29, 0.717) is 6.61 Å². The second-order valence-electron chi connectivity index (χ2n) is 1.54. The molecule has 1 rings (SSSR count). The highest BCUT2D eigenvalue weighted by molar-refractivity contribution is 5.68. The first-order chi connectivity index (χ1) is 4.30. The van der Waals surface area contributed by atoms with E-state index in [2.05, 4.69) is 16.4 Å². The molecule has 4 N–H and O–H groups in total. The van der Waals surface area contributed by atoms with Gasteiger partial charge in [-0.2, -0.15) is 0 Å². The lowest BCUT2D eigenvalue weighted by Crippen LogP contribution is -2.17. The van der Waals surface area contributed by atoms with Gasteiger partial charge in [-0.3, -0.25) is 11.7 Å². The fourth-order valence-electron chi connectivity index (χ4n) is 0.471. The molecule has 1 heterocycles. The summed E-state index contributed by atoms with van der Waals surface area (Å²) in [5.41, 5.74) is 0. The number of nitrogens with two attached hydrogens (primary N) is 2. The number of likely N-dealkylation sites (N-methyl/N-ethyl adjacent to an activating group) is 1. The molecule has 1 saturated heterocycles. The van der Waals surface area contributed by atoms with Gasteiger partial charge in [-0.15, -0.1) is 0 Å². The Labute approximate surface area is 53.5 Å². The molecule has 0 bridgehead atoms. The molecule has 1 amide bonds. The highest BCUT2D eigenvalue weighted by Gasteiger charge is 2.15. The predicted octanol–water partition coefficient (Wildman–Crippen LogP) is -1.11. The van der Waals surface area contributed by atoms with Crippen molar-refractivity contribution in [3.63, 3.8) is 0 Å². The van der Waals surface area contributed by atoms with Gasteiger partial charge in [0.05, 0.1) is 6.54 Å². The Balaban J connectivity index is 0.000000291. The van der Waals surface area contributed by atoms with Crippen molar-refractivity contribution in [3.05, 3.63) is 0 Å². The van der Waals surface area contributed by atoms with Crippen LogP contribution in [0.4, 0.5) is 4.79 Å². The monoisotopic (exact) mass is 133 g/mol. The molecular weight excluding hydrogens is 122 g/mol.